The van der Waals surface area contributed by atoms with Crippen LogP contribution in [0.3, 0.4) is 0 Å². The summed E-state index contributed by atoms with van der Waals surface area (Å²) in [6.45, 7) is 0.717. The predicted octanol–water partition coefficient (Wildman–Crippen LogP) is 3.71. The van der Waals surface area contributed by atoms with Crippen LogP contribution >= 0.6 is 22.6 Å². The summed E-state index contributed by atoms with van der Waals surface area (Å²) in [5.41, 5.74) is 2.21. The van der Waals surface area contributed by atoms with Crippen LogP contribution in [0.5, 0.6) is 0 Å². The van der Waals surface area contributed by atoms with Gasteiger partial charge >= 0.3 is 6.09 Å². The van der Waals surface area contributed by atoms with Crippen molar-refractivity contribution in [3.05, 3.63) is 64.1 Å². The van der Waals surface area contributed by atoms with E-state index >= 15 is 0 Å². The molecule has 8 heteroatoms. The topological polar surface area (TPSA) is 60.3 Å². The highest BCUT2D eigenvalue weighted by Crippen LogP contribution is 2.25. The van der Waals surface area contributed by atoms with Crippen molar-refractivity contribution in [2.75, 3.05) is 11.4 Å². The van der Waals surface area contributed by atoms with Crippen LogP contribution in [0.25, 0.3) is 11.3 Å². The molecule has 0 radical (unpaired) electrons. The van der Waals surface area contributed by atoms with Crippen molar-refractivity contribution in [2.45, 2.75) is 12.6 Å². The van der Waals surface area contributed by atoms with Gasteiger partial charge in [0.2, 0.25) is 0 Å². The molecule has 6 nitrogen and oxygen atoms in total. The fourth-order valence-electron chi connectivity index (χ4n) is 2.82. The Morgan fingerprint density at radius 1 is 1.23 bits per heavy atom. The van der Waals surface area contributed by atoms with E-state index in [0.717, 1.165) is 11.3 Å². The van der Waals surface area contributed by atoms with Gasteiger partial charge in [-0.3, -0.25) is 4.90 Å². The largest absolute Gasteiger partial charge is 0.442 e. The molecule has 26 heavy (non-hydrogen) atoms. The number of carbonyl (C=O) groups is 1. The number of carbonyl (C=O) groups excluding carboxylic acids is 1. The first kappa shape index (κ1) is 17.0. The molecule has 1 atom stereocenters. The van der Waals surface area contributed by atoms with Gasteiger partial charge in [0.15, 0.2) is 0 Å². The zero-order chi connectivity index (χ0) is 18.1. The smallest absolute Gasteiger partial charge is 0.414 e. The monoisotopic (exact) mass is 464 g/mol. The van der Waals surface area contributed by atoms with Crippen LogP contribution in [0, 0.1) is 9.39 Å². The Bertz CT molecular complexity index is 947. The van der Waals surface area contributed by atoms with Crippen LogP contribution < -0.4 is 4.90 Å². The van der Waals surface area contributed by atoms with E-state index in [1.807, 2.05) is 59.1 Å². The van der Waals surface area contributed by atoms with Crippen molar-refractivity contribution in [3.8, 4) is 11.3 Å². The molecule has 0 saturated carbocycles. The molecule has 0 unspecified atom stereocenters. The number of aromatic nitrogens is 3. The lowest BCUT2D eigenvalue weighted by molar-refractivity contribution is 0.129. The normalized spacial score (nSPS) is 16.8. The van der Waals surface area contributed by atoms with Crippen LogP contribution in [0.2, 0.25) is 0 Å². The molecule has 1 saturated heterocycles. The molecule has 0 N–H and O–H groups in total. The molecule has 2 aromatic carbocycles. The predicted molar refractivity (Wildman–Crippen MR) is 102 cm³/mol. The lowest BCUT2D eigenvalue weighted by atomic mass is 10.2. The second-order valence-electron chi connectivity index (χ2n) is 5.91. The Hall–Kier alpha value is -2.49. The summed E-state index contributed by atoms with van der Waals surface area (Å²) in [7, 11) is 0. The highest BCUT2D eigenvalue weighted by molar-refractivity contribution is 14.1. The van der Waals surface area contributed by atoms with Crippen molar-refractivity contribution in [1.82, 2.24) is 15.0 Å². The van der Waals surface area contributed by atoms with Crippen LogP contribution in [-0.2, 0) is 11.3 Å². The Kier molecular flexibility index (Phi) is 4.58. The van der Waals surface area contributed by atoms with E-state index in [9.17, 15) is 9.18 Å². The molecule has 1 aliphatic rings. The third-order valence-corrected chi connectivity index (χ3v) is 4.96. The number of rotatable bonds is 4. The number of hydrogen-bond donors (Lipinski definition) is 0. The fraction of sp³-hybridized carbons (Fsp3) is 0.167. The molecule has 1 fully saturated rings. The standard InChI is InChI=1S/C18H14FIN4O2/c19-15-8-13(6-7-16(15)20)24-10-14(26-18(24)25)9-23-11-17(21-22-23)12-4-2-1-3-5-12/h1-8,11,14H,9-10H2/t14-/m0/s1. The van der Waals surface area contributed by atoms with Gasteiger partial charge in [-0.15, -0.1) is 5.10 Å². The third kappa shape index (κ3) is 3.41. The van der Waals surface area contributed by atoms with E-state index in [0.29, 0.717) is 22.3 Å². The van der Waals surface area contributed by atoms with Crippen LogP contribution in [0.4, 0.5) is 14.9 Å². The zero-order valence-corrected chi connectivity index (χ0v) is 15.7. The molecular weight excluding hydrogens is 450 g/mol. The summed E-state index contributed by atoms with van der Waals surface area (Å²) in [4.78, 5) is 13.6. The summed E-state index contributed by atoms with van der Waals surface area (Å²) in [6.07, 6.45) is 0.949. The minimum atomic E-state index is -0.487. The van der Waals surface area contributed by atoms with Crippen LogP contribution in [0.15, 0.2) is 54.7 Å². The maximum atomic E-state index is 13.8. The van der Waals surface area contributed by atoms with Crippen LogP contribution in [-0.4, -0.2) is 33.7 Å². The summed E-state index contributed by atoms with van der Waals surface area (Å²) in [5.74, 6) is -0.358. The molecule has 2 heterocycles. The van der Waals surface area contributed by atoms with Crippen molar-refractivity contribution >= 4 is 34.4 Å². The highest BCUT2D eigenvalue weighted by Gasteiger charge is 2.33. The Labute approximate surface area is 162 Å². The van der Waals surface area contributed by atoms with E-state index < -0.39 is 6.09 Å². The molecule has 1 aromatic heterocycles. The first-order chi connectivity index (χ1) is 12.6. The maximum absolute atomic E-state index is 13.8. The maximum Gasteiger partial charge on any atom is 0.414 e. The van der Waals surface area contributed by atoms with Gasteiger partial charge in [0, 0.05) is 9.13 Å². The average molecular weight is 464 g/mol. The van der Waals surface area contributed by atoms with Gasteiger partial charge in [-0.1, -0.05) is 35.5 Å². The Morgan fingerprint density at radius 2 is 2.04 bits per heavy atom. The van der Waals surface area contributed by atoms with Gasteiger partial charge in [0.25, 0.3) is 0 Å². The number of nitrogens with zero attached hydrogens (tertiary/aromatic N) is 4. The van der Waals surface area contributed by atoms with Gasteiger partial charge in [-0.05, 0) is 40.8 Å². The number of ether oxygens (including phenoxy) is 1. The summed E-state index contributed by atoms with van der Waals surface area (Å²) < 4.78 is 21.3. The second kappa shape index (κ2) is 7.02. The number of benzene rings is 2. The Balaban J connectivity index is 1.46. The summed E-state index contributed by atoms with van der Waals surface area (Å²) in [6, 6.07) is 14.4. The van der Waals surface area contributed by atoms with Crippen molar-refractivity contribution < 1.29 is 13.9 Å². The molecule has 1 aliphatic heterocycles. The molecule has 0 spiro atoms. The molecule has 1 amide bonds. The van der Waals surface area contributed by atoms with Crippen LogP contribution in [0.1, 0.15) is 0 Å². The molecule has 0 bridgehead atoms. The zero-order valence-electron chi connectivity index (χ0n) is 13.5. The number of halogens is 2. The minimum absolute atomic E-state index is 0.333. The fourth-order valence-corrected chi connectivity index (χ4v) is 3.15. The van der Waals surface area contributed by atoms with Gasteiger partial charge in [0.05, 0.1) is 25.0 Å². The van der Waals surface area contributed by atoms with Gasteiger partial charge in [-0.2, -0.15) is 0 Å². The van der Waals surface area contributed by atoms with Gasteiger partial charge < -0.3 is 4.74 Å². The summed E-state index contributed by atoms with van der Waals surface area (Å²) >= 11 is 1.91. The number of amides is 1. The molecular formula is C18H14FIN4O2. The number of hydrogen-bond acceptors (Lipinski definition) is 4. The van der Waals surface area contributed by atoms with Crippen molar-refractivity contribution in [2.24, 2.45) is 0 Å². The van der Waals surface area contributed by atoms with E-state index in [1.165, 1.54) is 11.0 Å². The highest BCUT2D eigenvalue weighted by atomic mass is 127. The van der Waals surface area contributed by atoms with Gasteiger partial charge in [0.1, 0.15) is 17.6 Å². The summed E-state index contributed by atoms with van der Waals surface area (Å²) in [5, 5.41) is 8.25. The minimum Gasteiger partial charge on any atom is -0.442 e. The number of cyclic esters (lactones) is 1. The third-order valence-electron chi connectivity index (χ3n) is 4.09. The second-order valence-corrected chi connectivity index (χ2v) is 7.07. The molecule has 132 valence electrons. The first-order valence-corrected chi connectivity index (χ1v) is 9.07. The first-order valence-electron chi connectivity index (χ1n) is 7.99. The van der Waals surface area contributed by atoms with Crippen molar-refractivity contribution in [1.29, 1.82) is 0 Å². The lowest BCUT2D eigenvalue weighted by Gasteiger charge is -2.13. The van der Waals surface area contributed by atoms with E-state index in [2.05, 4.69) is 10.3 Å². The SMILES string of the molecule is O=C1O[C@@H](Cn2cc(-c3ccccc3)nn2)CN1c1ccc(I)c(F)c1. The Morgan fingerprint density at radius 3 is 2.81 bits per heavy atom. The van der Waals surface area contributed by atoms with Gasteiger partial charge in [-0.25, -0.2) is 13.9 Å². The lowest BCUT2D eigenvalue weighted by Crippen LogP contribution is -2.26. The van der Waals surface area contributed by atoms with E-state index in [-0.39, 0.29) is 11.9 Å². The van der Waals surface area contributed by atoms with Crippen molar-refractivity contribution in [3.63, 3.8) is 0 Å². The molecule has 0 aliphatic carbocycles. The molecule has 3 aromatic rings. The number of anilines is 1. The van der Waals surface area contributed by atoms with E-state index in [4.69, 9.17) is 4.74 Å². The molecule has 4 rings (SSSR count). The quantitative estimate of drug-likeness (QED) is 0.553. The average Bonchev–Trinajstić information content (AvgIpc) is 3.25. The van der Waals surface area contributed by atoms with E-state index in [1.54, 1.807) is 16.8 Å².